The van der Waals surface area contributed by atoms with Crippen molar-refractivity contribution >= 4 is 34.7 Å². The van der Waals surface area contributed by atoms with Crippen LogP contribution in [0.4, 0.5) is 27.5 Å². The van der Waals surface area contributed by atoms with Crippen LogP contribution in [0.2, 0.25) is 5.02 Å². The number of nitrogens with one attached hydrogen (secondary N) is 2. The monoisotopic (exact) mass is 329 g/mol. The van der Waals surface area contributed by atoms with Crippen LogP contribution in [-0.4, -0.2) is 15.2 Å². The van der Waals surface area contributed by atoms with E-state index < -0.39 is 0 Å². The van der Waals surface area contributed by atoms with Crippen molar-refractivity contribution < 1.29 is 4.39 Å². The Morgan fingerprint density at radius 3 is 2.65 bits per heavy atom. The zero-order chi connectivity index (χ0) is 16.2. The van der Waals surface area contributed by atoms with Gasteiger partial charge in [-0.3, -0.25) is 0 Å². The molecule has 0 aliphatic heterocycles. The van der Waals surface area contributed by atoms with Gasteiger partial charge in [-0.15, -0.1) is 5.10 Å². The van der Waals surface area contributed by atoms with E-state index in [1.54, 1.807) is 24.3 Å². The molecule has 0 unspecified atom stereocenters. The Hall–Kier alpha value is -2.73. The van der Waals surface area contributed by atoms with Gasteiger partial charge < -0.3 is 10.6 Å². The molecule has 3 rings (SSSR count). The molecule has 116 valence electrons. The van der Waals surface area contributed by atoms with Crippen molar-refractivity contribution in [3.63, 3.8) is 0 Å². The fraction of sp³-hybridized carbons (Fsp3) is 0.0625. The van der Waals surface area contributed by atoms with Gasteiger partial charge in [0.1, 0.15) is 5.82 Å². The van der Waals surface area contributed by atoms with Crippen LogP contribution in [0.3, 0.4) is 0 Å². The number of hydrogen-bond acceptors (Lipinski definition) is 5. The van der Waals surface area contributed by atoms with Gasteiger partial charge >= 0.3 is 0 Å². The summed E-state index contributed by atoms with van der Waals surface area (Å²) in [5, 5.41) is 14.4. The van der Waals surface area contributed by atoms with Crippen molar-refractivity contribution in [2.24, 2.45) is 0 Å². The predicted molar refractivity (Wildman–Crippen MR) is 89.0 cm³/mol. The van der Waals surface area contributed by atoms with Gasteiger partial charge in [0.25, 0.3) is 0 Å². The summed E-state index contributed by atoms with van der Waals surface area (Å²) in [6.45, 7) is 1.92. The molecule has 1 heterocycles. The minimum atomic E-state index is -0.367. The van der Waals surface area contributed by atoms with Crippen LogP contribution in [0.5, 0.6) is 0 Å². The van der Waals surface area contributed by atoms with Gasteiger partial charge in [-0.1, -0.05) is 23.7 Å². The van der Waals surface area contributed by atoms with Crippen molar-refractivity contribution in [1.82, 2.24) is 15.2 Å². The average molecular weight is 330 g/mol. The SMILES string of the molecule is Cc1cc(Cl)ccc1Nc1nncc(Nc2ccccc2F)n1. The van der Waals surface area contributed by atoms with Gasteiger partial charge in [-0.25, -0.2) is 4.39 Å². The maximum absolute atomic E-state index is 13.7. The highest BCUT2D eigenvalue weighted by atomic mass is 35.5. The Bertz CT molecular complexity index is 840. The molecule has 0 spiro atoms. The summed E-state index contributed by atoms with van der Waals surface area (Å²) in [6.07, 6.45) is 1.42. The minimum absolute atomic E-state index is 0.303. The lowest BCUT2D eigenvalue weighted by atomic mass is 10.2. The second-order valence-electron chi connectivity index (χ2n) is 4.85. The summed E-state index contributed by atoms with van der Waals surface area (Å²) in [5.41, 5.74) is 2.09. The number of benzene rings is 2. The molecule has 2 aromatic carbocycles. The first-order chi connectivity index (χ1) is 11.1. The summed E-state index contributed by atoms with van der Waals surface area (Å²) in [6, 6.07) is 11.8. The van der Waals surface area contributed by atoms with Crippen LogP contribution in [0.25, 0.3) is 0 Å². The Balaban J connectivity index is 1.81. The topological polar surface area (TPSA) is 62.7 Å². The third-order valence-corrected chi connectivity index (χ3v) is 3.37. The van der Waals surface area contributed by atoms with Crippen LogP contribution >= 0.6 is 11.6 Å². The summed E-state index contributed by atoms with van der Waals surface area (Å²) in [4.78, 5) is 4.27. The maximum Gasteiger partial charge on any atom is 0.249 e. The molecule has 2 N–H and O–H groups in total. The average Bonchev–Trinajstić information content (AvgIpc) is 2.53. The van der Waals surface area contributed by atoms with E-state index >= 15 is 0 Å². The zero-order valence-corrected chi connectivity index (χ0v) is 13.0. The first-order valence-corrected chi connectivity index (χ1v) is 7.24. The first-order valence-electron chi connectivity index (χ1n) is 6.86. The number of rotatable bonds is 4. The number of para-hydroxylation sites is 1. The van der Waals surface area contributed by atoms with E-state index in [1.807, 2.05) is 19.1 Å². The van der Waals surface area contributed by atoms with E-state index in [2.05, 4.69) is 25.8 Å². The minimum Gasteiger partial charge on any atom is -0.336 e. The number of nitrogens with zero attached hydrogens (tertiary/aromatic N) is 3. The molecule has 1 aromatic heterocycles. The number of anilines is 4. The Kier molecular flexibility index (Phi) is 4.34. The van der Waals surface area contributed by atoms with Gasteiger partial charge in [-0.2, -0.15) is 10.1 Å². The maximum atomic E-state index is 13.7. The highest BCUT2D eigenvalue weighted by Crippen LogP contribution is 2.23. The van der Waals surface area contributed by atoms with Crippen LogP contribution in [-0.2, 0) is 0 Å². The molecule has 0 atom stereocenters. The standard InChI is InChI=1S/C16H13ClFN5/c1-10-8-11(17)6-7-13(10)21-16-22-15(9-19-23-16)20-14-5-3-2-4-12(14)18/h2-9H,1H3,(H2,20,21,22,23). The van der Waals surface area contributed by atoms with Crippen molar-refractivity contribution in [3.8, 4) is 0 Å². The van der Waals surface area contributed by atoms with Crippen LogP contribution in [0.1, 0.15) is 5.56 Å². The Morgan fingerprint density at radius 2 is 1.87 bits per heavy atom. The molecule has 23 heavy (non-hydrogen) atoms. The van der Waals surface area contributed by atoms with Gasteiger partial charge in [0, 0.05) is 10.7 Å². The molecular weight excluding hydrogens is 317 g/mol. The van der Waals surface area contributed by atoms with E-state index in [4.69, 9.17) is 11.6 Å². The molecule has 0 fully saturated rings. The molecule has 7 heteroatoms. The van der Waals surface area contributed by atoms with Crippen LogP contribution < -0.4 is 10.6 Å². The smallest absolute Gasteiger partial charge is 0.249 e. The molecule has 5 nitrogen and oxygen atoms in total. The molecule has 0 saturated heterocycles. The highest BCUT2D eigenvalue weighted by Gasteiger charge is 2.06. The quantitative estimate of drug-likeness (QED) is 0.740. The highest BCUT2D eigenvalue weighted by molar-refractivity contribution is 6.30. The van der Waals surface area contributed by atoms with Crippen LogP contribution in [0.15, 0.2) is 48.7 Å². The Morgan fingerprint density at radius 1 is 1.04 bits per heavy atom. The fourth-order valence-electron chi connectivity index (χ4n) is 2.01. The number of aryl methyl sites for hydroxylation is 1. The van der Waals surface area contributed by atoms with E-state index in [-0.39, 0.29) is 5.82 Å². The molecule has 0 bridgehead atoms. The van der Waals surface area contributed by atoms with E-state index in [1.165, 1.54) is 12.3 Å². The third-order valence-electron chi connectivity index (χ3n) is 3.13. The zero-order valence-electron chi connectivity index (χ0n) is 12.2. The van der Waals surface area contributed by atoms with Gasteiger partial charge in [0.05, 0.1) is 11.9 Å². The summed E-state index contributed by atoms with van der Waals surface area (Å²) >= 11 is 5.93. The van der Waals surface area contributed by atoms with E-state index in [0.717, 1.165) is 11.3 Å². The first kappa shape index (κ1) is 15.2. The van der Waals surface area contributed by atoms with Crippen molar-refractivity contribution in [3.05, 3.63) is 65.1 Å². The van der Waals surface area contributed by atoms with Crippen LogP contribution in [0, 0.1) is 12.7 Å². The Labute approximate surface area is 137 Å². The molecule has 0 saturated carbocycles. The predicted octanol–water partition coefficient (Wildman–Crippen LogP) is 4.46. The molecular formula is C16H13ClFN5. The van der Waals surface area contributed by atoms with E-state index in [0.29, 0.717) is 22.5 Å². The normalized spacial score (nSPS) is 10.4. The lowest BCUT2D eigenvalue weighted by Gasteiger charge is -2.10. The lowest BCUT2D eigenvalue weighted by Crippen LogP contribution is -2.03. The largest absolute Gasteiger partial charge is 0.336 e. The third kappa shape index (κ3) is 3.73. The van der Waals surface area contributed by atoms with Gasteiger partial charge in [0.2, 0.25) is 5.95 Å². The van der Waals surface area contributed by atoms with E-state index in [9.17, 15) is 4.39 Å². The second-order valence-corrected chi connectivity index (χ2v) is 5.29. The fourth-order valence-corrected chi connectivity index (χ4v) is 2.23. The number of aromatic nitrogens is 3. The molecule has 0 aliphatic rings. The molecule has 0 aliphatic carbocycles. The number of halogens is 2. The summed E-state index contributed by atoms with van der Waals surface area (Å²) in [7, 11) is 0. The molecule has 3 aromatic rings. The summed E-state index contributed by atoms with van der Waals surface area (Å²) in [5.74, 6) is 0.324. The number of hydrogen-bond donors (Lipinski definition) is 2. The van der Waals surface area contributed by atoms with Crippen molar-refractivity contribution in [2.75, 3.05) is 10.6 Å². The van der Waals surface area contributed by atoms with Crippen molar-refractivity contribution in [2.45, 2.75) is 6.92 Å². The van der Waals surface area contributed by atoms with Gasteiger partial charge in [0.15, 0.2) is 5.82 Å². The van der Waals surface area contributed by atoms with Gasteiger partial charge in [-0.05, 0) is 42.8 Å². The molecule has 0 radical (unpaired) electrons. The summed E-state index contributed by atoms with van der Waals surface area (Å²) < 4.78 is 13.7. The lowest BCUT2D eigenvalue weighted by molar-refractivity contribution is 0.632. The second kappa shape index (κ2) is 6.58. The molecule has 0 amide bonds. The van der Waals surface area contributed by atoms with Crippen molar-refractivity contribution in [1.29, 1.82) is 0 Å².